The maximum Gasteiger partial charge on any atom is 0.227 e. The summed E-state index contributed by atoms with van der Waals surface area (Å²) in [4.78, 5) is 12.3. The Kier molecular flexibility index (Phi) is 5.42. The number of aliphatic hydroxyl groups excluding tert-OH is 1. The van der Waals surface area contributed by atoms with Gasteiger partial charge >= 0.3 is 0 Å². The van der Waals surface area contributed by atoms with Gasteiger partial charge in [-0.2, -0.15) is 4.98 Å². The van der Waals surface area contributed by atoms with Gasteiger partial charge in [0, 0.05) is 53.0 Å². The lowest BCUT2D eigenvalue weighted by Crippen LogP contribution is -2.38. The lowest BCUT2D eigenvalue weighted by atomic mass is 9.98. The van der Waals surface area contributed by atoms with Crippen molar-refractivity contribution < 1.29 is 9.50 Å². The number of hydrogen-bond acceptors (Lipinski definition) is 7. The Hall–Kier alpha value is -2.29. The van der Waals surface area contributed by atoms with E-state index in [-0.39, 0.29) is 6.61 Å². The zero-order valence-electron chi connectivity index (χ0n) is 14.6. The molecule has 9 heteroatoms. The molecular formula is C16H24FN7O. The normalized spacial score (nSPS) is 17.8. The minimum Gasteiger partial charge on any atom is -0.396 e. The first kappa shape index (κ1) is 17.5. The van der Waals surface area contributed by atoms with E-state index >= 15 is 0 Å². The molecule has 8 nitrogen and oxygen atoms in total. The van der Waals surface area contributed by atoms with E-state index in [1.54, 1.807) is 19.0 Å². The fourth-order valence-electron chi connectivity index (χ4n) is 3.13. The van der Waals surface area contributed by atoms with E-state index in [1.165, 1.54) is 6.20 Å². The first-order valence-electron chi connectivity index (χ1n) is 8.51. The molecule has 1 atom stereocenters. The SMILES string of the molecule is CN(C)c1nc(N2CCCC(Cn3cc(CCO)nn3)C2)ncc1F. The average Bonchev–Trinajstić information content (AvgIpc) is 3.02. The van der Waals surface area contributed by atoms with E-state index < -0.39 is 5.82 Å². The van der Waals surface area contributed by atoms with Gasteiger partial charge < -0.3 is 14.9 Å². The van der Waals surface area contributed by atoms with Crippen LogP contribution in [0.2, 0.25) is 0 Å². The van der Waals surface area contributed by atoms with Gasteiger partial charge in [-0.05, 0) is 18.8 Å². The van der Waals surface area contributed by atoms with Crippen LogP contribution in [0.4, 0.5) is 16.2 Å². The molecule has 136 valence electrons. The number of halogens is 1. The summed E-state index contributed by atoms with van der Waals surface area (Å²) in [6.45, 7) is 2.50. The second-order valence-electron chi connectivity index (χ2n) is 6.60. The van der Waals surface area contributed by atoms with Gasteiger partial charge in [-0.15, -0.1) is 5.10 Å². The highest BCUT2D eigenvalue weighted by molar-refractivity contribution is 5.44. The van der Waals surface area contributed by atoms with Gasteiger partial charge in [0.15, 0.2) is 11.6 Å². The topological polar surface area (TPSA) is 83.2 Å². The van der Waals surface area contributed by atoms with Crippen LogP contribution in [-0.4, -0.2) is 63.9 Å². The van der Waals surface area contributed by atoms with Crippen molar-refractivity contribution in [3.8, 4) is 0 Å². The van der Waals surface area contributed by atoms with E-state index in [0.717, 1.165) is 38.2 Å². The van der Waals surface area contributed by atoms with Crippen molar-refractivity contribution >= 4 is 11.8 Å². The van der Waals surface area contributed by atoms with E-state index in [0.29, 0.717) is 24.1 Å². The minimum absolute atomic E-state index is 0.0754. The molecule has 0 saturated carbocycles. The molecule has 3 rings (SSSR count). The number of nitrogens with zero attached hydrogens (tertiary/aromatic N) is 7. The molecule has 1 unspecified atom stereocenters. The van der Waals surface area contributed by atoms with Crippen LogP contribution in [-0.2, 0) is 13.0 Å². The van der Waals surface area contributed by atoms with Crippen LogP contribution in [0.15, 0.2) is 12.4 Å². The lowest BCUT2D eigenvalue weighted by molar-refractivity contribution is 0.298. The van der Waals surface area contributed by atoms with Crippen molar-refractivity contribution in [3.05, 3.63) is 23.9 Å². The number of piperidine rings is 1. The van der Waals surface area contributed by atoms with Gasteiger partial charge in [0.2, 0.25) is 5.95 Å². The van der Waals surface area contributed by atoms with Crippen LogP contribution >= 0.6 is 0 Å². The van der Waals surface area contributed by atoms with Crippen LogP contribution in [0.1, 0.15) is 18.5 Å². The van der Waals surface area contributed by atoms with E-state index in [1.807, 2.05) is 10.9 Å². The second-order valence-corrected chi connectivity index (χ2v) is 6.60. The third-order valence-electron chi connectivity index (χ3n) is 4.34. The summed E-state index contributed by atoms with van der Waals surface area (Å²) in [5.74, 6) is 0.849. The second kappa shape index (κ2) is 7.73. The maximum absolute atomic E-state index is 13.8. The van der Waals surface area contributed by atoms with Gasteiger partial charge in [0.05, 0.1) is 11.9 Å². The molecule has 1 fully saturated rings. The third kappa shape index (κ3) is 4.22. The molecule has 0 aliphatic carbocycles. The van der Waals surface area contributed by atoms with E-state index in [9.17, 15) is 4.39 Å². The molecule has 1 aliphatic heterocycles. The zero-order chi connectivity index (χ0) is 17.8. The minimum atomic E-state index is -0.415. The third-order valence-corrected chi connectivity index (χ3v) is 4.34. The molecule has 0 bridgehead atoms. The van der Waals surface area contributed by atoms with E-state index in [2.05, 4.69) is 25.2 Å². The van der Waals surface area contributed by atoms with Crippen molar-refractivity contribution in [2.45, 2.75) is 25.8 Å². The lowest BCUT2D eigenvalue weighted by Gasteiger charge is -2.33. The Morgan fingerprint density at radius 2 is 2.24 bits per heavy atom. The molecule has 25 heavy (non-hydrogen) atoms. The van der Waals surface area contributed by atoms with Crippen molar-refractivity contribution in [2.24, 2.45) is 5.92 Å². The van der Waals surface area contributed by atoms with Gasteiger partial charge in [0.25, 0.3) is 0 Å². The summed E-state index contributed by atoms with van der Waals surface area (Å²) >= 11 is 0. The highest BCUT2D eigenvalue weighted by Crippen LogP contribution is 2.24. The Morgan fingerprint density at radius 3 is 3.00 bits per heavy atom. The number of aromatic nitrogens is 5. The van der Waals surface area contributed by atoms with Crippen LogP contribution in [0, 0.1) is 11.7 Å². The first-order valence-corrected chi connectivity index (χ1v) is 8.51. The highest BCUT2D eigenvalue weighted by Gasteiger charge is 2.23. The van der Waals surface area contributed by atoms with Crippen molar-refractivity contribution in [2.75, 3.05) is 43.6 Å². The van der Waals surface area contributed by atoms with Gasteiger partial charge in [0.1, 0.15) is 0 Å². The Balaban J connectivity index is 1.67. The first-order chi connectivity index (χ1) is 12.1. The Labute approximate surface area is 146 Å². The monoisotopic (exact) mass is 349 g/mol. The number of aliphatic hydroxyl groups is 1. The van der Waals surface area contributed by atoms with Crippen LogP contribution in [0.25, 0.3) is 0 Å². The summed E-state index contributed by atoms with van der Waals surface area (Å²) in [5, 5.41) is 17.1. The molecule has 0 aromatic carbocycles. The highest BCUT2D eigenvalue weighted by atomic mass is 19.1. The summed E-state index contributed by atoms with van der Waals surface area (Å²) in [6.07, 6.45) is 5.76. The molecule has 1 aliphatic rings. The van der Waals surface area contributed by atoms with Gasteiger partial charge in [-0.1, -0.05) is 5.21 Å². The number of anilines is 2. The van der Waals surface area contributed by atoms with Gasteiger partial charge in [-0.3, -0.25) is 4.68 Å². The largest absolute Gasteiger partial charge is 0.396 e. The quantitative estimate of drug-likeness (QED) is 0.823. The molecule has 2 aromatic rings. The molecule has 0 spiro atoms. The van der Waals surface area contributed by atoms with Crippen LogP contribution in [0.5, 0.6) is 0 Å². The summed E-state index contributed by atoms with van der Waals surface area (Å²) in [7, 11) is 3.53. The molecule has 0 amide bonds. The number of hydrogen-bond donors (Lipinski definition) is 1. The number of rotatable bonds is 6. The average molecular weight is 349 g/mol. The summed E-state index contributed by atoms with van der Waals surface area (Å²) in [5.41, 5.74) is 0.799. The standard InChI is InChI=1S/C16H24FN7O/c1-22(2)15-14(17)8-18-16(19-15)23-6-3-4-12(9-23)10-24-11-13(5-7-25)20-21-24/h8,11-12,25H,3-7,9-10H2,1-2H3. The van der Waals surface area contributed by atoms with Crippen molar-refractivity contribution in [1.29, 1.82) is 0 Å². The predicted octanol–water partition coefficient (Wildman–Crippen LogP) is 0.725. The molecule has 2 aromatic heterocycles. The van der Waals surface area contributed by atoms with Crippen molar-refractivity contribution in [1.82, 2.24) is 25.0 Å². The van der Waals surface area contributed by atoms with E-state index in [4.69, 9.17) is 5.11 Å². The molecular weight excluding hydrogens is 325 g/mol. The van der Waals surface area contributed by atoms with Gasteiger partial charge in [-0.25, -0.2) is 9.37 Å². The summed E-state index contributed by atoms with van der Waals surface area (Å²) in [6, 6.07) is 0. The molecule has 3 heterocycles. The molecule has 0 radical (unpaired) electrons. The Bertz CT molecular complexity index is 706. The smallest absolute Gasteiger partial charge is 0.227 e. The Morgan fingerprint density at radius 1 is 1.40 bits per heavy atom. The fourth-order valence-corrected chi connectivity index (χ4v) is 3.13. The maximum atomic E-state index is 13.8. The predicted molar refractivity (Wildman–Crippen MR) is 92.1 cm³/mol. The van der Waals surface area contributed by atoms with Crippen LogP contribution in [0.3, 0.4) is 0 Å². The van der Waals surface area contributed by atoms with Crippen LogP contribution < -0.4 is 9.80 Å². The fraction of sp³-hybridized carbons (Fsp3) is 0.625. The summed E-state index contributed by atoms with van der Waals surface area (Å²) < 4.78 is 15.6. The zero-order valence-corrected chi connectivity index (χ0v) is 14.6. The molecule has 1 N–H and O–H groups in total. The van der Waals surface area contributed by atoms with Crippen molar-refractivity contribution in [3.63, 3.8) is 0 Å². The molecule has 1 saturated heterocycles.